The predicted molar refractivity (Wildman–Crippen MR) is 67.0 cm³/mol. The molecule has 2 atom stereocenters. The molecule has 0 amide bonds. The van der Waals surface area contributed by atoms with E-state index in [1.165, 1.54) is 25.1 Å². The average Bonchev–Trinajstić information content (AvgIpc) is 2.18. The van der Waals surface area contributed by atoms with Crippen LogP contribution in [0.4, 0.5) is 4.39 Å². The number of hydrogen-bond donors (Lipinski definition) is 0. The lowest BCUT2D eigenvalue weighted by molar-refractivity contribution is 0.586. The Morgan fingerprint density at radius 2 is 2.00 bits per heavy atom. The van der Waals surface area contributed by atoms with E-state index in [0.717, 1.165) is 6.26 Å². The summed E-state index contributed by atoms with van der Waals surface area (Å²) in [6.07, 6.45) is 1.13. The Kier molecular flexibility index (Phi) is 4.37. The topological polar surface area (TPSA) is 34.1 Å². The molecule has 0 N–H and O–H groups in total. The van der Waals surface area contributed by atoms with Gasteiger partial charge in [0.05, 0.1) is 15.1 Å². The maximum atomic E-state index is 13.0. The Hall–Kier alpha value is -0.130. The molecule has 0 aliphatic heterocycles. The SMILES string of the molecule is CC(C(Cl)c1ccc(F)c(Br)c1)S(C)(=O)=O. The molecule has 2 unspecified atom stereocenters. The quantitative estimate of drug-likeness (QED) is 0.797. The van der Waals surface area contributed by atoms with Crippen molar-refractivity contribution in [2.45, 2.75) is 17.6 Å². The number of halogens is 3. The zero-order valence-electron chi connectivity index (χ0n) is 8.75. The zero-order chi connectivity index (χ0) is 12.5. The van der Waals surface area contributed by atoms with Crippen molar-refractivity contribution in [3.63, 3.8) is 0 Å². The van der Waals surface area contributed by atoms with Crippen LogP contribution in [0.2, 0.25) is 0 Å². The third-order valence-electron chi connectivity index (χ3n) is 2.35. The predicted octanol–water partition coefficient (Wildman–Crippen LogP) is 3.30. The average molecular weight is 330 g/mol. The van der Waals surface area contributed by atoms with Crippen molar-refractivity contribution in [3.8, 4) is 0 Å². The van der Waals surface area contributed by atoms with E-state index in [-0.39, 0.29) is 4.47 Å². The highest BCUT2D eigenvalue weighted by Crippen LogP contribution is 2.30. The molecule has 16 heavy (non-hydrogen) atoms. The summed E-state index contributed by atoms with van der Waals surface area (Å²) in [5.41, 5.74) is 0.577. The fourth-order valence-electron chi connectivity index (χ4n) is 1.17. The van der Waals surface area contributed by atoms with Crippen LogP contribution in [0.1, 0.15) is 17.9 Å². The van der Waals surface area contributed by atoms with E-state index in [2.05, 4.69) is 15.9 Å². The minimum absolute atomic E-state index is 0.274. The highest BCUT2D eigenvalue weighted by molar-refractivity contribution is 9.10. The Morgan fingerprint density at radius 1 is 1.44 bits per heavy atom. The molecule has 0 spiro atoms. The molecule has 1 aromatic carbocycles. The number of rotatable bonds is 3. The van der Waals surface area contributed by atoms with Gasteiger partial charge in [-0.3, -0.25) is 0 Å². The summed E-state index contributed by atoms with van der Waals surface area (Å²) in [5, 5.41) is -1.40. The normalized spacial score (nSPS) is 15.8. The second-order valence-corrected chi connectivity index (χ2v) is 7.34. The van der Waals surface area contributed by atoms with Crippen molar-refractivity contribution in [1.29, 1.82) is 0 Å². The van der Waals surface area contributed by atoms with Crippen molar-refractivity contribution < 1.29 is 12.8 Å². The highest BCUT2D eigenvalue weighted by atomic mass is 79.9. The van der Waals surface area contributed by atoms with Crippen molar-refractivity contribution in [1.82, 2.24) is 0 Å². The maximum Gasteiger partial charge on any atom is 0.151 e. The molecule has 0 fully saturated rings. The number of alkyl halides is 1. The minimum atomic E-state index is -3.21. The molecule has 0 aliphatic rings. The van der Waals surface area contributed by atoms with E-state index in [1.807, 2.05) is 0 Å². The summed E-state index contributed by atoms with van der Waals surface area (Å²) < 4.78 is 35.9. The van der Waals surface area contributed by atoms with Gasteiger partial charge >= 0.3 is 0 Å². The van der Waals surface area contributed by atoms with Gasteiger partial charge in [-0.15, -0.1) is 11.6 Å². The smallest absolute Gasteiger partial charge is 0.151 e. The van der Waals surface area contributed by atoms with Crippen LogP contribution in [0.3, 0.4) is 0 Å². The van der Waals surface area contributed by atoms with Crippen LogP contribution < -0.4 is 0 Å². The van der Waals surface area contributed by atoms with Gasteiger partial charge in [-0.05, 0) is 40.5 Å². The van der Waals surface area contributed by atoms with Crippen LogP contribution in [-0.4, -0.2) is 19.9 Å². The maximum absolute atomic E-state index is 13.0. The van der Waals surface area contributed by atoms with E-state index in [9.17, 15) is 12.8 Å². The minimum Gasteiger partial charge on any atom is -0.229 e. The van der Waals surface area contributed by atoms with Crippen LogP contribution in [0.15, 0.2) is 22.7 Å². The van der Waals surface area contributed by atoms with Gasteiger partial charge in [-0.2, -0.15) is 0 Å². The van der Waals surface area contributed by atoms with Gasteiger partial charge in [0.25, 0.3) is 0 Å². The Morgan fingerprint density at radius 3 is 2.44 bits per heavy atom. The summed E-state index contributed by atoms with van der Waals surface area (Å²) in [6.45, 7) is 1.53. The summed E-state index contributed by atoms with van der Waals surface area (Å²) in [5.74, 6) is -0.403. The van der Waals surface area contributed by atoms with Crippen LogP contribution in [0, 0.1) is 5.82 Å². The van der Waals surface area contributed by atoms with Crippen LogP contribution in [-0.2, 0) is 9.84 Å². The molecular formula is C10H11BrClFO2S. The summed E-state index contributed by atoms with van der Waals surface area (Å²) in [7, 11) is -3.21. The Bertz CT molecular complexity index is 490. The third-order valence-corrected chi connectivity index (χ3v) is 5.36. The molecule has 1 rings (SSSR count). The molecule has 0 aromatic heterocycles. The Balaban J connectivity index is 3.06. The molecule has 1 aromatic rings. The molecule has 0 heterocycles. The molecule has 0 bridgehead atoms. The van der Waals surface area contributed by atoms with E-state index < -0.39 is 26.3 Å². The monoisotopic (exact) mass is 328 g/mol. The fourth-order valence-corrected chi connectivity index (χ4v) is 2.86. The molecule has 0 radical (unpaired) electrons. The van der Waals surface area contributed by atoms with E-state index in [0.29, 0.717) is 5.56 Å². The molecule has 0 saturated heterocycles. The lowest BCUT2D eigenvalue weighted by Gasteiger charge is -2.16. The van der Waals surface area contributed by atoms with Crippen molar-refractivity contribution in [3.05, 3.63) is 34.1 Å². The van der Waals surface area contributed by atoms with E-state index >= 15 is 0 Å². The standard InChI is InChI=1S/C10H11BrClFO2S/c1-6(16(2,14)15)10(12)7-3-4-9(13)8(11)5-7/h3-6,10H,1-2H3. The first kappa shape index (κ1) is 13.9. The number of sulfone groups is 1. The number of hydrogen-bond acceptors (Lipinski definition) is 2. The molecule has 2 nitrogen and oxygen atoms in total. The number of benzene rings is 1. The van der Waals surface area contributed by atoms with Crippen LogP contribution >= 0.6 is 27.5 Å². The zero-order valence-corrected chi connectivity index (χ0v) is 11.9. The van der Waals surface area contributed by atoms with Gasteiger partial charge in [0.1, 0.15) is 5.82 Å². The fraction of sp³-hybridized carbons (Fsp3) is 0.400. The summed E-state index contributed by atoms with van der Waals surface area (Å²) >= 11 is 9.07. The van der Waals surface area contributed by atoms with Crippen molar-refractivity contribution >= 4 is 37.4 Å². The third kappa shape index (κ3) is 3.18. The van der Waals surface area contributed by atoms with Crippen LogP contribution in [0.5, 0.6) is 0 Å². The van der Waals surface area contributed by atoms with Gasteiger partial charge in [0.2, 0.25) is 0 Å². The largest absolute Gasteiger partial charge is 0.229 e. The van der Waals surface area contributed by atoms with E-state index in [4.69, 9.17) is 11.6 Å². The summed E-state index contributed by atoms with van der Waals surface area (Å²) in [4.78, 5) is 0. The van der Waals surface area contributed by atoms with Crippen molar-refractivity contribution in [2.75, 3.05) is 6.26 Å². The second kappa shape index (κ2) is 5.02. The highest BCUT2D eigenvalue weighted by Gasteiger charge is 2.25. The molecule has 0 aliphatic carbocycles. The molecule has 90 valence electrons. The van der Waals surface area contributed by atoms with E-state index in [1.54, 1.807) is 0 Å². The van der Waals surface area contributed by atoms with Gasteiger partial charge in [-0.25, -0.2) is 12.8 Å². The molecule has 0 saturated carbocycles. The first-order valence-corrected chi connectivity index (χ1v) is 7.69. The first-order chi connectivity index (χ1) is 7.23. The summed E-state index contributed by atoms with van der Waals surface area (Å²) in [6, 6.07) is 4.23. The van der Waals surface area contributed by atoms with Gasteiger partial charge < -0.3 is 0 Å². The van der Waals surface area contributed by atoms with Gasteiger partial charge in [-0.1, -0.05) is 6.07 Å². The lowest BCUT2D eigenvalue weighted by Crippen LogP contribution is -2.21. The van der Waals surface area contributed by atoms with Crippen molar-refractivity contribution in [2.24, 2.45) is 0 Å². The van der Waals surface area contributed by atoms with Gasteiger partial charge in [0, 0.05) is 6.26 Å². The first-order valence-electron chi connectivity index (χ1n) is 4.51. The lowest BCUT2D eigenvalue weighted by atomic mass is 10.1. The Labute approximate surface area is 108 Å². The molecule has 6 heteroatoms. The second-order valence-electron chi connectivity index (χ2n) is 3.61. The molecular weight excluding hydrogens is 319 g/mol. The van der Waals surface area contributed by atoms with Gasteiger partial charge in [0.15, 0.2) is 9.84 Å². The van der Waals surface area contributed by atoms with Crippen LogP contribution in [0.25, 0.3) is 0 Å².